The number of piperazine rings is 1. The van der Waals surface area contributed by atoms with Crippen molar-refractivity contribution in [2.24, 2.45) is 0 Å². The van der Waals surface area contributed by atoms with E-state index in [1.165, 1.54) is 6.07 Å². The molecule has 1 fully saturated rings. The van der Waals surface area contributed by atoms with E-state index in [4.69, 9.17) is 9.47 Å². The van der Waals surface area contributed by atoms with Crippen LogP contribution in [0.2, 0.25) is 0 Å². The molecule has 0 aromatic heterocycles. The molecular weight excluding hydrogens is 395 g/mol. The first-order chi connectivity index (χ1) is 11.7. The van der Waals surface area contributed by atoms with Gasteiger partial charge in [-0.15, -0.1) is 0 Å². The quantitative estimate of drug-likeness (QED) is 0.703. The standard InChI is InChI=1S/C17H22BrFN2O4/c1-17(2,3)25-16(23)21-5-4-20-7-10-6-12(22)13(18)14(19)15(10)24-9-11(20)8-21/h6,11,22H,4-5,7-9H2,1-3H3/t11-/m1/s1. The molecule has 1 amide bonds. The summed E-state index contributed by atoms with van der Waals surface area (Å²) in [5.41, 5.74) is 0.0589. The van der Waals surface area contributed by atoms with Gasteiger partial charge in [-0.3, -0.25) is 4.90 Å². The molecule has 1 aromatic carbocycles. The summed E-state index contributed by atoms with van der Waals surface area (Å²) >= 11 is 3.03. The van der Waals surface area contributed by atoms with E-state index in [1.807, 2.05) is 20.8 Å². The van der Waals surface area contributed by atoms with Crippen molar-refractivity contribution in [2.75, 3.05) is 26.2 Å². The second-order valence-corrected chi connectivity index (χ2v) is 8.17. The van der Waals surface area contributed by atoms with E-state index in [2.05, 4.69) is 20.8 Å². The summed E-state index contributed by atoms with van der Waals surface area (Å²) < 4.78 is 25.5. The molecule has 138 valence electrons. The highest BCUT2D eigenvalue weighted by Crippen LogP contribution is 2.38. The van der Waals surface area contributed by atoms with E-state index in [-0.39, 0.29) is 34.7 Å². The summed E-state index contributed by atoms with van der Waals surface area (Å²) in [5.74, 6) is -0.590. The lowest BCUT2D eigenvalue weighted by Crippen LogP contribution is -2.56. The van der Waals surface area contributed by atoms with Crippen LogP contribution in [-0.2, 0) is 11.3 Å². The van der Waals surface area contributed by atoms with Crippen LogP contribution in [0, 0.1) is 5.82 Å². The number of rotatable bonds is 0. The van der Waals surface area contributed by atoms with Crippen molar-refractivity contribution in [3.05, 3.63) is 21.9 Å². The van der Waals surface area contributed by atoms with Gasteiger partial charge in [-0.25, -0.2) is 9.18 Å². The number of ether oxygens (including phenoxy) is 2. The highest BCUT2D eigenvalue weighted by atomic mass is 79.9. The third kappa shape index (κ3) is 3.84. The summed E-state index contributed by atoms with van der Waals surface area (Å²) in [6, 6.07) is 1.46. The Morgan fingerprint density at radius 2 is 2.16 bits per heavy atom. The van der Waals surface area contributed by atoms with Crippen LogP contribution >= 0.6 is 15.9 Å². The van der Waals surface area contributed by atoms with E-state index >= 15 is 0 Å². The van der Waals surface area contributed by atoms with Gasteiger partial charge in [0.1, 0.15) is 18.0 Å². The molecule has 2 aliphatic rings. The van der Waals surface area contributed by atoms with Gasteiger partial charge in [-0.05, 0) is 42.8 Å². The van der Waals surface area contributed by atoms with E-state index < -0.39 is 11.4 Å². The van der Waals surface area contributed by atoms with Gasteiger partial charge in [-0.2, -0.15) is 0 Å². The Labute approximate surface area is 154 Å². The second-order valence-electron chi connectivity index (χ2n) is 7.37. The van der Waals surface area contributed by atoms with Crippen LogP contribution in [0.1, 0.15) is 26.3 Å². The Balaban J connectivity index is 1.75. The lowest BCUT2D eigenvalue weighted by Gasteiger charge is -2.40. The van der Waals surface area contributed by atoms with Crippen molar-refractivity contribution in [2.45, 2.75) is 39.0 Å². The van der Waals surface area contributed by atoms with Crippen LogP contribution in [0.25, 0.3) is 0 Å². The summed E-state index contributed by atoms with van der Waals surface area (Å²) in [7, 11) is 0. The molecule has 1 atom stereocenters. The number of nitrogens with zero attached hydrogens (tertiary/aromatic N) is 2. The zero-order chi connectivity index (χ0) is 18.4. The average molecular weight is 417 g/mol. The summed E-state index contributed by atoms with van der Waals surface area (Å²) in [4.78, 5) is 16.1. The first-order valence-electron chi connectivity index (χ1n) is 8.20. The van der Waals surface area contributed by atoms with Crippen LogP contribution < -0.4 is 4.74 Å². The van der Waals surface area contributed by atoms with Gasteiger partial charge in [0, 0.05) is 31.7 Å². The van der Waals surface area contributed by atoms with Gasteiger partial charge in [0.05, 0.1) is 10.5 Å². The molecule has 0 unspecified atom stereocenters. The maximum atomic E-state index is 14.4. The van der Waals surface area contributed by atoms with Crippen LogP contribution in [0.15, 0.2) is 10.5 Å². The number of amides is 1. The lowest BCUT2D eigenvalue weighted by atomic mass is 10.1. The van der Waals surface area contributed by atoms with Crippen molar-refractivity contribution in [1.82, 2.24) is 9.80 Å². The Morgan fingerprint density at radius 3 is 2.84 bits per heavy atom. The molecule has 1 saturated heterocycles. The van der Waals surface area contributed by atoms with E-state index in [0.717, 1.165) is 0 Å². The minimum atomic E-state index is -0.598. The van der Waals surface area contributed by atoms with Gasteiger partial charge in [0.2, 0.25) is 0 Å². The molecular formula is C17H22BrFN2O4. The Morgan fingerprint density at radius 1 is 1.44 bits per heavy atom. The fourth-order valence-electron chi connectivity index (χ4n) is 3.07. The molecule has 0 saturated carbocycles. The molecule has 1 aromatic rings. The van der Waals surface area contributed by atoms with Gasteiger partial charge < -0.3 is 19.5 Å². The highest BCUT2D eigenvalue weighted by molar-refractivity contribution is 9.10. The normalized spacial score (nSPS) is 21.0. The fourth-order valence-corrected chi connectivity index (χ4v) is 3.36. The minimum absolute atomic E-state index is 0.00139. The zero-order valence-corrected chi connectivity index (χ0v) is 16.1. The number of fused-ring (bicyclic) bond motifs is 2. The molecule has 0 bridgehead atoms. The number of hydrogen-bond donors (Lipinski definition) is 1. The second kappa shape index (κ2) is 6.64. The highest BCUT2D eigenvalue weighted by Gasteiger charge is 2.35. The van der Waals surface area contributed by atoms with Crippen molar-refractivity contribution in [3.63, 3.8) is 0 Å². The number of halogens is 2. The third-order valence-corrected chi connectivity index (χ3v) is 5.02. The minimum Gasteiger partial charge on any atom is -0.507 e. The molecule has 0 aliphatic carbocycles. The Hall–Kier alpha value is -1.54. The van der Waals surface area contributed by atoms with Crippen LogP contribution in [0.4, 0.5) is 9.18 Å². The molecule has 2 heterocycles. The third-order valence-electron chi connectivity index (χ3n) is 4.27. The summed E-state index contributed by atoms with van der Waals surface area (Å²) in [5, 5.41) is 9.84. The largest absolute Gasteiger partial charge is 0.507 e. The molecule has 25 heavy (non-hydrogen) atoms. The monoisotopic (exact) mass is 416 g/mol. The van der Waals surface area contributed by atoms with E-state index in [0.29, 0.717) is 31.7 Å². The number of phenols is 1. The van der Waals surface area contributed by atoms with E-state index in [1.54, 1.807) is 4.90 Å². The zero-order valence-electron chi connectivity index (χ0n) is 14.5. The smallest absolute Gasteiger partial charge is 0.410 e. The maximum absolute atomic E-state index is 14.4. The predicted octanol–water partition coefficient (Wildman–Crippen LogP) is 3.11. The topological polar surface area (TPSA) is 62.2 Å². The first kappa shape index (κ1) is 18.3. The van der Waals surface area contributed by atoms with Gasteiger partial charge in [-0.1, -0.05) is 0 Å². The van der Waals surface area contributed by atoms with Crippen molar-refractivity contribution in [1.29, 1.82) is 0 Å². The number of aromatic hydroxyl groups is 1. The number of carbonyl (C=O) groups excluding carboxylic acids is 1. The number of benzene rings is 1. The van der Waals surface area contributed by atoms with Crippen LogP contribution in [-0.4, -0.2) is 58.9 Å². The predicted molar refractivity (Wildman–Crippen MR) is 93.3 cm³/mol. The fraction of sp³-hybridized carbons (Fsp3) is 0.588. The van der Waals surface area contributed by atoms with Crippen molar-refractivity contribution >= 4 is 22.0 Å². The molecule has 2 aliphatic heterocycles. The molecule has 6 nitrogen and oxygen atoms in total. The molecule has 0 radical (unpaired) electrons. The molecule has 1 N–H and O–H groups in total. The summed E-state index contributed by atoms with van der Waals surface area (Å²) in [6.07, 6.45) is -0.347. The Bertz CT molecular complexity index is 692. The first-order valence-corrected chi connectivity index (χ1v) is 8.99. The molecule has 3 rings (SSSR count). The number of phenolic OH excluding ortho intramolecular Hbond substituents is 1. The van der Waals surface area contributed by atoms with Crippen molar-refractivity contribution in [3.8, 4) is 11.5 Å². The number of hydrogen-bond acceptors (Lipinski definition) is 5. The average Bonchev–Trinajstić information content (AvgIpc) is 2.69. The lowest BCUT2D eigenvalue weighted by molar-refractivity contribution is -0.00164. The van der Waals surface area contributed by atoms with E-state index in [9.17, 15) is 14.3 Å². The van der Waals surface area contributed by atoms with Crippen LogP contribution in [0.3, 0.4) is 0 Å². The van der Waals surface area contributed by atoms with Gasteiger partial charge in [0.25, 0.3) is 0 Å². The molecule has 8 heteroatoms. The maximum Gasteiger partial charge on any atom is 0.410 e. The van der Waals surface area contributed by atoms with Crippen molar-refractivity contribution < 1.29 is 23.8 Å². The summed E-state index contributed by atoms with van der Waals surface area (Å²) in [6.45, 7) is 7.84. The Kier molecular flexibility index (Phi) is 4.85. The van der Waals surface area contributed by atoms with Gasteiger partial charge in [0.15, 0.2) is 11.6 Å². The van der Waals surface area contributed by atoms with Gasteiger partial charge >= 0.3 is 6.09 Å². The number of carbonyl (C=O) groups is 1. The molecule has 0 spiro atoms. The van der Waals surface area contributed by atoms with Crippen LogP contribution in [0.5, 0.6) is 11.5 Å². The SMILES string of the molecule is CC(C)(C)OC(=O)N1CCN2Cc3cc(O)c(Br)c(F)c3OC[C@H]2C1.